The first-order chi connectivity index (χ1) is 20.1. The van der Waals surface area contributed by atoms with Gasteiger partial charge in [-0.15, -0.1) is 0 Å². The highest BCUT2D eigenvalue weighted by molar-refractivity contribution is 6.31. The monoisotopic (exact) mass is 609 g/mol. The van der Waals surface area contributed by atoms with Crippen molar-refractivity contribution in [3.8, 4) is 5.75 Å². The topological polar surface area (TPSA) is 182 Å². The van der Waals surface area contributed by atoms with Crippen molar-refractivity contribution in [3.05, 3.63) is 108 Å². The molecule has 0 aliphatic heterocycles. The molecule has 3 aromatic carbocycles. The molecule has 4 rings (SSSR count). The van der Waals surface area contributed by atoms with Gasteiger partial charge in [0, 0.05) is 28.2 Å². The number of nitro groups is 2. The van der Waals surface area contributed by atoms with Crippen LogP contribution in [0.25, 0.3) is 0 Å². The Bertz CT molecular complexity index is 1620. The quantitative estimate of drug-likeness (QED) is 0.0956. The summed E-state index contributed by atoms with van der Waals surface area (Å²) in [6.45, 7) is 1.91. The molecule has 16 heteroatoms. The Morgan fingerprint density at radius 1 is 0.810 bits per heavy atom. The molecule has 0 amide bonds. The number of ether oxygens (including phenoxy) is 1. The average molecular weight is 610 g/mol. The number of methoxy groups -OCH3 is 1. The van der Waals surface area contributed by atoms with Crippen LogP contribution in [0, 0.1) is 27.2 Å². The number of aryl methyl sites for hydroxylation is 1. The van der Waals surface area contributed by atoms with E-state index < -0.39 is 9.85 Å². The fraction of sp³-hybridized carbons (Fsp3) is 0.0769. The van der Waals surface area contributed by atoms with E-state index in [-0.39, 0.29) is 50.1 Å². The van der Waals surface area contributed by atoms with Gasteiger partial charge in [0.05, 0.1) is 46.2 Å². The predicted molar refractivity (Wildman–Crippen MR) is 162 cm³/mol. The Hall–Kier alpha value is -5.34. The maximum atomic E-state index is 11.4. The van der Waals surface area contributed by atoms with Crippen molar-refractivity contribution in [1.82, 2.24) is 9.97 Å². The third-order valence-electron chi connectivity index (χ3n) is 5.47. The molecule has 1 aromatic heterocycles. The molecule has 3 N–H and O–H groups in total. The molecular formula is C26H21Cl2N9O5. The number of benzene rings is 3. The normalized spacial score (nSPS) is 11.0. The van der Waals surface area contributed by atoms with Crippen molar-refractivity contribution < 1.29 is 14.6 Å². The second kappa shape index (κ2) is 13.3. The summed E-state index contributed by atoms with van der Waals surface area (Å²) < 4.78 is 5.41. The molecule has 4 aromatic rings. The molecule has 0 spiro atoms. The number of rotatable bonds is 11. The molecular weight excluding hydrogens is 589 g/mol. The summed E-state index contributed by atoms with van der Waals surface area (Å²) in [6, 6.07) is 15.3. The van der Waals surface area contributed by atoms with Crippen molar-refractivity contribution in [2.75, 3.05) is 23.3 Å². The number of anilines is 4. The lowest BCUT2D eigenvalue weighted by Gasteiger charge is -2.12. The van der Waals surface area contributed by atoms with Gasteiger partial charge in [0.2, 0.25) is 5.95 Å². The third-order valence-corrected chi connectivity index (χ3v) is 5.94. The summed E-state index contributed by atoms with van der Waals surface area (Å²) in [5.41, 5.74) is 6.94. The van der Waals surface area contributed by atoms with Crippen molar-refractivity contribution in [1.29, 1.82) is 0 Å². The van der Waals surface area contributed by atoms with Crippen molar-refractivity contribution in [2.45, 2.75) is 6.92 Å². The lowest BCUT2D eigenvalue weighted by Crippen LogP contribution is -2.05. The SMILES string of the molecule is COc1ccc(C)cc1Nc1nc(NN=Cc2ccc(Cl)cc2[N+](=O)[O-])cc(NN=Cc2ccc(Cl)cc2[N+](=O)[O-])n1. The van der Waals surface area contributed by atoms with Crippen LogP contribution in [0.3, 0.4) is 0 Å². The Morgan fingerprint density at radius 2 is 1.33 bits per heavy atom. The maximum Gasteiger partial charge on any atom is 0.279 e. The van der Waals surface area contributed by atoms with E-state index >= 15 is 0 Å². The molecule has 0 unspecified atom stereocenters. The molecule has 0 radical (unpaired) electrons. The van der Waals surface area contributed by atoms with Gasteiger partial charge in [0.25, 0.3) is 11.4 Å². The number of nitrogens with one attached hydrogen (secondary N) is 3. The van der Waals surface area contributed by atoms with Crippen LogP contribution in [0.2, 0.25) is 10.0 Å². The van der Waals surface area contributed by atoms with Gasteiger partial charge in [-0.25, -0.2) is 0 Å². The highest BCUT2D eigenvalue weighted by atomic mass is 35.5. The van der Waals surface area contributed by atoms with Crippen molar-refractivity contribution in [3.63, 3.8) is 0 Å². The average Bonchev–Trinajstić information content (AvgIpc) is 2.94. The number of hydrazone groups is 2. The molecule has 0 aliphatic rings. The minimum Gasteiger partial charge on any atom is -0.495 e. The van der Waals surface area contributed by atoms with Crippen LogP contribution in [0.1, 0.15) is 16.7 Å². The van der Waals surface area contributed by atoms with E-state index in [1.165, 1.54) is 62.0 Å². The van der Waals surface area contributed by atoms with Crippen LogP contribution in [0.5, 0.6) is 5.75 Å². The summed E-state index contributed by atoms with van der Waals surface area (Å²) in [7, 11) is 1.52. The summed E-state index contributed by atoms with van der Waals surface area (Å²) in [4.78, 5) is 30.4. The van der Waals surface area contributed by atoms with Crippen LogP contribution in [0.4, 0.5) is 34.6 Å². The van der Waals surface area contributed by atoms with Gasteiger partial charge in [-0.2, -0.15) is 20.2 Å². The van der Waals surface area contributed by atoms with E-state index in [4.69, 9.17) is 27.9 Å². The molecule has 42 heavy (non-hydrogen) atoms. The highest BCUT2D eigenvalue weighted by Gasteiger charge is 2.14. The maximum absolute atomic E-state index is 11.4. The van der Waals surface area contributed by atoms with Crippen LogP contribution in [0.15, 0.2) is 70.9 Å². The zero-order valence-electron chi connectivity index (χ0n) is 21.9. The first kappa shape index (κ1) is 29.6. The summed E-state index contributed by atoms with van der Waals surface area (Å²) in [6.07, 6.45) is 2.50. The van der Waals surface area contributed by atoms with Gasteiger partial charge in [0.1, 0.15) is 5.75 Å². The Kier molecular flexibility index (Phi) is 9.42. The summed E-state index contributed by atoms with van der Waals surface area (Å²) >= 11 is 11.8. The number of halogens is 2. The second-order valence-corrected chi connectivity index (χ2v) is 9.32. The Labute approximate surface area is 248 Å². The van der Waals surface area contributed by atoms with E-state index in [1.807, 2.05) is 19.1 Å². The lowest BCUT2D eigenvalue weighted by molar-refractivity contribution is -0.385. The molecule has 1 heterocycles. The zero-order chi connectivity index (χ0) is 30.2. The Balaban J connectivity index is 1.64. The van der Waals surface area contributed by atoms with Crippen LogP contribution in [-0.2, 0) is 0 Å². The number of aromatic nitrogens is 2. The fourth-order valence-electron chi connectivity index (χ4n) is 3.56. The second-order valence-electron chi connectivity index (χ2n) is 8.45. The zero-order valence-corrected chi connectivity index (χ0v) is 23.4. The first-order valence-corrected chi connectivity index (χ1v) is 12.7. The molecule has 0 saturated heterocycles. The molecule has 14 nitrogen and oxygen atoms in total. The number of hydrogen-bond acceptors (Lipinski definition) is 12. The molecule has 0 fully saturated rings. The molecule has 0 atom stereocenters. The van der Waals surface area contributed by atoms with Crippen LogP contribution in [-0.4, -0.2) is 39.4 Å². The van der Waals surface area contributed by atoms with Gasteiger partial charge in [-0.3, -0.25) is 31.1 Å². The van der Waals surface area contributed by atoms with Gasteiger partial charge in [0.15, 0.2) is 11.6 Å². The van der Waals surface area contributed by atoms with Crippen LogP contribution < -0.4 is 20.9 Å². The molecule has 0 saturated carbocycles. The van der Waals surface area contributed by atoms with Gasteiger partial charge < -0.3 is 10.1 Å². The largest absolute Gasteiger partial charge is 0.495 e. The lowest BCUT2D eigenvalue weighted by atomic mass is 10.2. The summed E-state index contributed by atoms with van der Waals surface area (Å²) in [5, 5.41) is 34.4. The summed E-state index contributed by atoms with van der Waals surface area (Å²) in [5.74, 6) is 1.02. The van der Waals surface area contributed by atoms with Gasteiger partial charge in [-0.1, -0.05) is 29.3 Å². The molecule has 0 bridgehead atoms. The number of nitro benzene ring substituents is 2. The minimum absolute atomic E-state index is 0.117. The number of hydrogen-bond donors (Lipinski definition) is 3. The van der Waals surface area contributed by atoms with Gasteiger partial charge >= 0.3 is 0 Å². The van der Waals surface area contributed by atoms with E-state index in [9.17, 15) is 20.2 Å². The van der Waals surface area contributed by atoms with Gasteiger partial charge in [-0.05, 0) is 48.9 Å². The van der Waals surface area contributed by atoms with Crippen LogP contribution >= 0.6 is 23.2 Å². The standard InChI is InChI=1S/C26H21Cl2N9O5/c1-15-3-8-23(42-2)20(9-15)31-26-32-24(34-29-13-16-4-6-18(27)10-21(16)36(38)39)12-25(33-26)35-30-14-17-5-7-19(28)11-22(17)37(40)41/h3-14H,1-2H3,(H3,31,32,33,34,35). The highest BCUT2D eigenvalue weighted by Crippen LogP contribution is 2.29. The van der Waals surface area contributed by atoms with E-state index in [2.05, 4.69) is 36.3 Å². The smallest absolute Gasteiger partial charge is 0.279 e. The van der Waals surface area contributed by atoms with E-state index in [0.29, 0.717) is 11.4 Å². The molecule has 214 valence electrons. The molecule has 0 aliphatic carbocycles. The van der Waals surface area contributed by atoms with Crippen molar-refractivity contribution in [2.24, 2.45) is 10.2 Å². The van der Waals surface area contributed by atoms with Crippen molar-refractivity contribution >= 4 is 70.3 Å². The third kappa shape index (κ3) is 7.65. The Morgan fingerprint density at radius 3 is 1.81 bits per heavy atom. The van der Waals surface area contributed by atoms with E-state index in [1.54, 1.807) is 6.07 Å². The predicted octanol–water partition coefficient (Wildman–Crippen LogP) is 6.55. The fourth-order valence-corrected chi connectivity index (χ4v) is 3.89. The first-order valence-electron chi connectivity index (χ1n) is 11.9. The van der Waals surface area contributed by atoms with E-state index in [0.717, 1.165) is 5.56 Å². The minimum atomic E-state index is -0.569. The number of nitrogens with zero attached hydrogens (tertiary/aromatic N) is 6.